The van der Waals surface area contributed by atoms with Crippen molar-refractivity contribution in [2.45, 2.75) is 19.5 Å². The highest BCUT2D eigenvalue weighted by Crippen LogP contribution is 2.19. The van der Waals surface area contributed by atoms with E-state index in [1.54, 1.807) is 4.90 Å². The summed E-state index contributed by atoms with van der Waals surface area (Å²) < 4.78 is 5.41. The van der Waals surface area contributed by atoms with E-state index in [2.05, 4.69) is 46.8 Å². The van der Waals surface area contributed by atoms with Crippen molar-refractivity contribution in [1.82, 2.24) is 0 Å². The summed E-state index contributed by atoms with van der Waals surface area (Å²) in [6.45, 7) is 10.9. The van der Waals surface area contributed by atoms with E-state index in [9.17, 15) is 4.79 Å². The number of nitrogens with one attached hydrogen (secondary N) is 3. The van der Waals surface area contributed by atoms with Gasteiger partial charge in [-0.15, -0.1) is 11.3 Å². The number of morpholine rings is 1. The van der Waals surface area contributed by atoms with Crippen LogP contribution in [0.25, 0.3) is 0 Å². The van der Waals surface area contributed by atoms with Crippen molar-refractivity contribution in [3.05, 3.63) is 46.7 Å². The molecule has 2 aromatic rings. The SMILES string of the molecule is C[C@@H](C(=O)Nc1ccc(N2CCOCC2)cc1)[NH+]1CC[NH+](Cc2cccs2)CC1. The third-order valence-corrected chi connectivity index (χ3v) is 7.00. The van der Waals surface area contributed by atoms with E-state index in [0.717, 1.165) is 64.7 Å². The van der Waals surface area contributed by atoms with Crippen LogP contribution in [0.4, 0.5) is 11.4 Å². The summed E-state index contributed by atoms with van der Waals surface area (Å²) in [5, 5.41) is 5.26. The minimum Gasteiger partial charge on any atom is -0.378 e. The molecule has 0 spiro atoms. The zero-order valence-corrected chi connectivity index (χ0v) is 18.0. The fourth-order valence-corrected chi connectivity index (χ4v) is 4.98. The van der Waals surface area contributed by atoms with Crippen LogP contribution >= 0.6 is 11.3 Å². The zero-order chi connectivity index (χ0) is 20.1. The second-order valence-electron chi connectivity index (χ2n) is 8.02. The minimum atomic E-state index is -0.0304. The predicted octanol–water partition coefficient (Wildman–Crippen LogP) is -0.105. The molecule has 0 aliphatic carbocycles. The van der Waals surface area contributed by atoms with Crippen molar-refractivity contribution in [2.75, 3.05) is 62.7 Å². The first-order valence-corrected chi connectivity index (χ1v) is 11.5. The molecule has 1 aromatic heterocycles. The van der Waals surface area contributed by atoms with Crippen LogP contribution < -0.4 is 20.0 Å². The van der Waals surface area contributed by atoms with Crippen molar-refractivity contribution in [3.8, 4) is 0 Å². The van der Waals surface area contributed by atoms with E-state index in [1.165, 1.54) is 15.5 Å². The molecule has 0 bridgehead atoms. The van der Waals surface area contributed by atoms with Gasteiger partial charge >= 0.3 is 0 Å². The number of amides is 1. The number of benzene rings is 1. The lowest BCUT2D eigenvalue weighted by molar-refractivity contribution is -1.02. The van der Waals surface area contributed by atoms with Gasteiger partial charge in [-0.05, 0) is 42.6 Å². The van der Waals surface area contributed by atoms with E-state index < -0.39 is 0 Å². The summed E-state index contributed by atoms with van der Waals surface area (Å²) in [6.07, 6.45) is 0. The maximum Gasteiger partial charge on any atom is 0.282 e. The maximum atomic E-state index is 12.8. The Bertz CT molecular complexity index is 767. The quantitative estimate of drug-likeness (QED) is 0.616. The van der Waals surface area contributed by atoms with Crippen LogP contribution in [0.5, 0.6) is 0 Å². The number of thiophene rings is 1. The van der Waals surface area contributed by atoms with Gasteiger partial charge < -0.3 is 24.8 Å². The van der Waals surface area contributed by atoms with E-state index in [1.807, 2.05) is 23.5 Å². The van der Waals surface area contributed by atoms with Gasteiger partial charge in [0, 0.05) is 24.5 Å². The Balaban J connectivity index is 1.25. The number of nitrogens with zero attached hydrogens (tertiary/aromatic N) is 1. The van der Waals surface area contributed by atoms with Crippen LogP contribution in [0.1, 0.15) is 11.8 Å². The third kappa shape index (κ3) is 5.36. The topological polar surface area (TPSA) is 50.5 Å². The molecule has 7 heteroatoms. The molecule has 1 aromatic carbocycles. The van der Waals surface area contributed by atoms with E-state index in [0.29, 0.717) is 0 Å². The molecule has 4 rings (SSSR count). The lowest BCUT2D eigenvalue weighted by atomic mass is 10.2. The molecule has 156 valence electrons. The molecule has 0 unspecified atom stereocenters. The van der Waals surface area contributed by atoms with Crippen LogP contribution in [0.2, 0.25) is 0 Å². The van der Waals surface area contributed by atoms with Gasteiger partial charge in [0.15, 0.2) is 6.04 Å². The second-order valence-corrected chi connectivity index (χ2v) is 9.05. The minimum absolute atomic E-state index is 0.0304. The summed E-state index contributed by atoms with van der Waals surface area (Å²) in [5.41, 5.74) is 2.06. The first kappa shape index (κ1) is 20.3. The molecule has 29 heavy (non-hydrogen) atoms. The van der Waals surface area contributed by atoms with Crippen LogP contribution in [0, 0.1) is 0 Å². The summed E-state index contributed by atoms with van der Waals surface area (Å²) in [5.74, 6) is 0.112. The number of quaternary nitrogens is 2. The Labute approximate surface area is 177 Å². The Morgan fingerprint density at radius 2 is 1.86 bits per heavy atom. The van der Waals surface area contributed by atoms with Crippen molar-refractivity contribution >= 4 is 28.6 Å². The van der Waals surface area contributed by atoms with Gasteiger partial charge in [-0.25, -0.2) is 0 Å². The van der Waals surface area contributed by atoms with Gasteiger partial charge in [-0.1, -0.05) is 6.07 Å². The Morgan fingerprint density at radius 3 is 2.52 bits per heavy atom. The van der Waals surface area contributed by atoms with Crippen LogP contribution in [-0.4, -0.2) is 64.4 Å². The highest BCUT2D eigenvalue weighted by atomic mass is 32.1. The molecule has 2 aliphatic rings. The normalized spacial score (nSPS) is 23.6. The fraction of sp³-hybridized carbons (Fsp3) is 0.500. The van der Waals surface area contributed by atoms with E-state index in [4.69, 9.17) is 4.74 Å². The number of hydrogen-bond acceptors (Lipinski definition) is 4. The lowest BCUT2D eigenvalue weighted by Gasteiger charge is -2.32. The molecular weight excluding hydrogens is 384 g/mol. The first-order chi connectivity index (χ1) is 14.2. The molecule has 3 heterocycles. The average molecular weight is 417 g/mol. The van der Waals surface area contributed by atoms with Gasteiger partial charge in [-0.3, -0.25) is 4.79 Å². The molecule has 2 saturated heterocycles. The smallest absolute Gasteiger partial charge is 0.282 e. The van der Waals surface area contributed by atoms with Crippen LogP contribution in [0.15, 0.2) is 41.8 Å². The molecule has 1 atom stereocenters. The molecule has 6 nitrogen and oxygen atoms in total. The number of rotatable bonds is 6. The number of hydrogen-bond donors (Lipinski definition) is 3. The summed E-state index contributed by atoms with van der Waals surface area (Å²) in [6, 6.07) is 12.5. The number of anilines is 2. The third-order valence-electron chi connectivity index (χ3n) is 6.12. The molecule has 1 amide bonds. The van der Waals surface area contributed by atoms with Crippen molar-refractivity contribution in [3.63, 3.8) is 0 Å². The number of piperazine rings is 1. The van der Waals surface area contributed by atoms with Crippen molar-refractivity contribution in [1.29, 1.82) is 0 Å². The predicted molar refractivity (Wildman–Crippen MR) is 117 cm³/mol. The Morgan fingerprint density at radius 1 is 1.14 bits per heavy atom. The summed E-state index contributed by atoms with van der Waals surface area (Å²) in [4.78, 5) is 19.6. The number of carbonyl (C=O) groups is 1. The van der Waals surface area contributed by atoms with E-state index in [-0.39, 0.29) is 11.9 Å². The van der Waals surface area contributed by atoms with Gasteiger partial charge in [0.1, 0.15) is 32.7 Å². The van der Waals surface area contributed by atoms with E-state index >= 15 is 0 Å². The van der Waals surface area contributed by atoms with Gasteiger partial charge in [0.25, 0.3) is 5.91 Å². The highest BCUT2D eigenvalue weighted by Gasteiger charge is 2.31. The van der Waals surface area contributed by atoms with Crippen molar-refractivity contribution < 1.29 is 19.3 Å². The average Bonchev–Trinajstić information content (AvgIpc) is 3.28. The monoisotopic (exact) mass is 416 g/mol. The molecule has 3 N–H and O–H groups in total. The number of ether oxygens (including phenoxy) is 1. The lowest BCUT2D eigenvalue weighted by Crippen LogP contribution is -3.29. The van der Waals surface area contributed by atoms with Crippen LogP contribution in [0.3, 0.4) is 0 Å². The molecule has 2 fully saturated rings. The molecule has 0 radical (unpaired) electrons. The first-order valence-electron chi connectivity index (χ1n) is 10.6. The standard InChI is InChI=1S/C22H30N4O2S/c1-18(25-10-8-24(9-11-25)17-21-3-2-16-29-21)22(27)23-19-4-6-20(7-5-19)26-12-14-28-15-13-26/h2-7,16,18H,8-15,17H2,1H3,(H,23,27)/p+2/t18-/m0/s1. The fourth-order valence-electron chi connectivity index (χ4n) is 4.21. The summed E-state index contributed by atoms with van der Waals surface area (Å²) in [7, 11) is 0. The Kier molecular flexibility index (Phi) is 6.82. The molecular formula is C22H32N4O2S+2. The highest BCUT2D eigenvalue weighted by molar-refractivity contribution is 7.09. The zero-order valence-electron chi connectivity index (χ0n) is 17.2. The molecule has 0 saturated carbocycles. The molecule has 2 aliphatic heterocycles. The van der Waals surface area contributed by atoms with Gasteiger partial charge in [0.2, 0.25) is 0 Å². The van der Waals surface area contributed by atoms with Crippen LogP contribution in [-0.2, 0) is 16.1 Å². The Hall–Kier alpha value is -1.93. The maximum absolute atomic E-state index is 12.8. The number of carbonyl (C=O) groups excluding carboxylic acids is 1. The van der Waals surface area contributed by atoms with Crippen molar-refractivity contribution in [2.24, 2.45) is 0 Å². The summed E-state index contributed by atoms with van der Waals surface area (Å²) >= 11 is 1.84. The van der Waals surface area contributed by atoms with Gasteiger partial charge in [0.05, 0.1) is 18.1 Å². The van der Waals surface area contributed by atoms with Gasteiger partial charge in [-0.2, -0.15) is 0 Å². The largest absolute Gasteiger partial charge is 0.378 e. The second kappa shape index (κ2) is 9.71.